The summed E-state index contributed by atoms with van der Waals surface area (Å²) in [5, 5.41) is 10.3. The van der Waals surface area contributed by atoms with E-state index in [0.717, 1.165) is 22.8 Å². The minimum Gasteiger partial charge on any atom is -0.325 e. The standard InChI is InChI=1S/C21H16F2N6O3/c1-12(30)14-2-4-17(5-3-14)25-18(31)10-28-11-24-20-19(21(28)32)26-27-29(20)9-13-6-15(22)8-16(23)7-13/h2-8,11H,9-10H2,1H3,(H,25,31). The molecule has 2 aromatic heterocycles. The predicted molar refractivity (Wildman–Crippen MR) is 110 cm³/mol. The monoisotopic (exact) mass is 438 g/mol. The normalized spacial score (nSPS) is 11.0. The third-order valence-electron chi connectivity index (χ3n) is 4.64. The van der Waals surface area contributed by atoms with Gasteiger partial charge in [-0.2, -0.15) is 0 Å². The van der Waals surface area contributed by atoms with Crippen LogP contribution in [0.3, 0.4) is 0 Å². The number of benzene rings is 2. The number of aromatic nitrogens is 5. The molecule has 0 fully saturated rings. The van der Waals surface area contributed by atoms with E-state index in [9.17, 15) is 23.2 Å². The van der Waals surface area contributed by atoms with E-state index >= 15 is 0 Å². The van der Waals surface area contributed by atoms with Gasteiger partial charge in [0.05, 0.1) is 6.54 Å². The first-order valence-corrected chi connectivity index (χ1v) is 9.44. The van der Waals surface area contributed by atoms with E-state index in [2.05, 4.69) is 20.6 Å². The van der Waals surface area contributed by atoms with Crippen molar-refractivity contribution in [2.75, 3.05) is 5.32 Å². The predicted octanol–water partition coefficient (Wildman–Crippen LogP) is 2.16. The van der Waals surface area contributed by atoms with Crippen LogP contribution in [0.1, 0.15) is 22.8 Å². The number of carbonyl (C=O) groups excluding carboxylic acids is 2. The van der Waals surface area contributed by atoms with Crippen LogP contribution in [0.2, 0.25) is 0 Å². The molecule has 0 spiro atoms. The Morgan fingerprint density at radius 1 is 1.06 bits per heavy atom. The Labute approximate surface area is 179 Å². The first kappa shape index (κ1) is 21.0. The second-order valence-corrected chi connectivity index (χ2v) is 7.06. The molecule has 1 N–H and O–H groups in total. The van der Waals surface area contributed by atoms with Gasteiger partial charge < -0.3 is 5.32 Å². The fourth-order valence-corrected chi connectivity index (χ4v) is 3.12. The van der Waals surface area contributed by atoms with Crippen molar-refractivity contribution in [3.05, 3.63) is 81.9 Å². The largest absolute Gasteiger partial charge is 0.325 e. The number of hydrogen-bond donors (Lipinski definition) is 1. The summed E-state index contributed by atoms with van der Waals surface area (Å²) in [6.07, 6.45) is 1.18. The molecule has 4 rings (SSSR count). The zero-order valence-electron chi connectivity index (χ0n) is 16.7. The van der Waals surface area contributed by atoms with Gasteiger partial charge in [0.25, 0.3) is 5.56 Å². The lowest BCUT2D eigenvalue weighted by atomic mass is 10.1. The lowest BCUT2D eigenvalue weighted by Crippen LogP contribution is -2.28. The van der Waals surface area contributed by atoms with E-state index < -0.39 is 23.1 Å². The van der Waals surface area contributed by atoms with Gasteiger partial charge in [0, 0.05) is 17.3 Å². The third-order valence-corrected chi connectivity index (χ3v) is 4.64. The van der Waals surface area contributed by atoms with Gasteiger partial charge in [0.2, 0.25) is 5.91 Å². The van der Waals surface area contributed by atoms with Crippen molar-refractivity contribution in [3.8, 4) is 0 Å². The summed E-state index contributed by atoms with van der Waals surface area (Å²) in [6.45, 7) is 1.08. The number of hydrogen-bond acceptors (Lipinski definition) is 6. The van der Waals surface area contributed by atoms with Crippen molar-refractivity contribution in [3.63, 3.8) is 0 Å². The van der Waals surface area contributed by atoms with E-state index in [1.165, 1.54) is 17.9 Å². The maximum Gasteiger partial charge on any atom is 0.283 e. The molecule has 11 heteroatoms. The van der Waals surface area contributed by atoms with E-state index in [4.69, 9.17) is 0 Å². The Morgan fingerprint density at radius 3 is 2.41 bits per heavy atom. The van der Waals surface area contributed by atoms with Gasteiger partial charge in [-0.15, -0.1) is 5.10 Å². The van der Waals surface area contributed by atoms with Gasteiger partial charge >= 0.3 is 0 Å². The third kappa shape index (κ3) is 4.41. The molecule has 0 aliphatic heterocycles. The lowest BCUT2D eigenvalue weighted by Gasteiger charge is -2.08. The van der Waals surface area contributed by atoms with Crippen LogP contribution in [0.5, 0.6) is 0 Å². The molecule has 0 bridgehead atoms. The molecule has 0 aliphatic carbocycles. The van der Waals surface area contributed by atoms with Crippen LogP contribution in [0, 0.1) is 11.6 Å². The molecule has 9 nitrogen and oxygen atoms in total. The minimum atomic E-state index is -0.735. The second kappa shape index (κ2) is 8.46. The minimum absolute atomic E-state index is 0.0433. The van der Waals surface area contributed by atoms with Crippen LogP contribution in [0.15, 0.2) is 53.6 Å². The Balaban J connectivity index is 1.52. The number of Topliss-reactive ketones (excluding diaryl/α,β-unsaturated/α-hetero) is 1. The highest BCUT2D eigenvalue weighted by atomic mass is 19.1. The van der Waals surface area contributed by atoms with Crippen LogP contribution in [-0.2, 0) is 17.9 Å². The number of halogens is 2. The quantitative estimate of drug-likeness (QED) is 0.462. The van der Waals surface area contributed by atoms with Crippen LogP contribution in [0.4, 0.5) is 14.5 Å². The summed E-state index contributed by atoms with van der Waals surface area (Å²) in [4.78, 5) is 40.5. The van der Waals surface area contributed by atoms with Crippen molar-refractivity contribution >= 4 is 28.5 Å². The van der Waals surface area contributed by atoms with Crippen LogP contribution < -0.4 is 10.9 Å². The van der Waals surface area contributed by atoms with Crippen molar-refractivity contribution < 1.29 is 18.4 Å². The van der Waals surface area contributed by atoms with Gasteiger partial charge in [-0.1, -0.05) is 5.21 Å². The molecule has 0 aliphatic rings. The number of amides is 1. The first-order valence-electron chi connectivity index (χ1n) is 9.44. The lowest BCUT2D eigenvalue weighted by molar-refractivity contribution is -0.116. The van der Waals surface area contributed by atoms with E-state index in [0.29, 0.717) is 11.3 Å². The van der Waals surface area contributed by atoms with Crippen molar-refractivity contribution in [1.82, 2.24) is 24.5 Å². The zero-order valence-corrected chi connectivity index (χ0v) is 16.7. The SMILES string of the molecule is CC(=O)c1ccc(NC(=O)Cn2cnc3c(nnn3Cc3cc(F)cc(F)c3)c2=O)cc1. The summed E-state index contributed by atoms with van der Waals surface area (Å²) in [5.74, 6) is -2.04. The maximum absolute atomic E-state index is 13.4. The molecule has 2 aromatic carbocycles. The number of carbonyl (C=O) groups is 2. The van der Waals surface area contributed by atoms with Crippen molar-refractivity contribution in [2.45, 2.75) is 20.0 Å². The van der Waals surface area contributed by atoms with Gasteiger partial charge in [-0.25, -0.2) is 18.4 Å². The highest BCUT2D eigenvalue weighted by molar-refractivity contribution is 5.95. The van der Waals surface area contributed by atoms with Crippen molar-refractivity contribution in [2.24, 2.45) is 0 Å². The molecule has 2 heterocycles. The zero-order chi connectivity index (χ0) is 22.8. The topological polar surface area (TPSA) is 112 Å². The number of anilines is 1. The number of nitrogens with one attached hydrogen (secondary N) is 1. The Morgan fingerprint density at radius 2 is 1.75 bits per heavy atom. The number of nitrogens with zero attached hydrogens (tertiary/aromatic N) is 5. The molecular formula is C21H16F2N6O3. The molecule has 0 unspecified atom stereocenters. The van der Waals surface area contributed by atoms with Crippen LogP contribution in [-0.4, -0.2) is 36.2 Å². The number of ketones is 1. The highest BCUT2D eigenvalue weighted by Gasteiger charge is 2.15. The van der Waals surface area contributed by atoms with E-state index in [1.54, 1.807) is 24.3 Å². The molecule has 1 amide bonds. The molecular weight excluding hydrogens is 422 g/mol. The molecule has 0 saturated heterocycles. The second-order valence-electron chi connectivity index (χ2n) is 7.06. The van der Waals surface area contributed by atoms with Crippen LogP contribution in [0.25, 0.3) is 11.2 Å². The van der Waals surface area contributed by atoms with Gasteiger partial charge in [-0.05, 0) is 48.9 Å². The maximum atomic E-state index is 13.4. The average Bonchev–Trinajstić information content (AvgIpc) is 3.13. The summed E-state index contributed by atoms with van der Waals surface area (Å²) in [5.41, 5.74) is 0.719. The smallest absolute Gasteiger partial charge is 0.283 e. The fraction of sp³-hybridized carbons (Fsp3) is 0.143. The summed E-state index contributed by atoms with van der Waals surface area (Å²) in [7, 11) is 0. The Hall–Kier alpha value is -4.28. The molecule has 0 radical (unpaired) electrons. The van der Waals surface area contributed by atoms with Gasteiger partial charge in [-0.3, -0.25) is 19.0 Å². The summed E-state index contributed by atoms with van der Waals surface area (Å²) < 4.78 is 29.1. The van der Waals surface area contributed by atoms with Gasteiger partial charge in [0.1, 0.15) is 24.5 Å². The summed E-state index contributed by atoms with van der Waals surface area (Å²) in [6, 6.07) is 9.37. The van der Waals surface area contributed by atoms with Crippen molar-refractivity contribution in [1.29, 1.82) is 0 Å². The van der Waals surface area contributed by atoms with E-state index in [-0.39, 0.29) is 35.6 Å². The molecule has 162 valence electrons. The van der Waals surface area contributed by atoms with Gasteiger partial charge in [0.15, 0.2) is 16.9 Å². The highest BCUT2D eigenvalue weighted by Crippen LogP contribution is 2.12. The summed E-state index contributed by atoms with van der Waals surface area (Å²) >= 11 is 0. The Bertz CT molecular complexity index is 1370. The van der Waals surface area contributed by atoms with E-state index in [1.807, 2.05) is 0 Å². The molecule has 0 saturated carbocycles. The first-order chi connectivity index (χ1) is 15.3. The number of fused-ring (bicyclic) bond motifs is 1. The molecule has 4 aromatic rings. The number of rotatable bonds is 6. The molecule has 32 heavy (non-hydrogen) atoms. The Kier molecular flexibility index (Phi) is 5.54. The van der Waals surface area contributed by atoms with Crippen LogP contribution >= 0.6 is 0 Å². The average molecular weight is 438 g/mol. The molecule has 0 atom stereocenters. The fourth-order valence-electron chi connectivity index (χ4n) is 3.12.